The number of benzene rings is 3. The van der Waals surface area contributed by atoms with Gasteiger partial charge in [0.05, 0.1) is 23.4 Å². The number of esters is 2. The number of carbonyl (C=O) groups excluding carboxylic acids is 4. The second-order valence-electron chi connectivity index (χ2n) is 7.98. The summed E-state index contributed by atoms with van der Waals surface area (Å²) in [5.74, 6) is -2.10. The van der Waals surface area contributed by atoms with E-state index in [1.165, 1.54) is 36.4 Å². The highest BCUT2D eigenvalue weighted by molar-refractivity contribution is 6.53. The molecule has 1 aliphatic rings. The molecule has 1 heterocycles. The molecule has 0 atom stereocenters. The summed E-state index contributed by atoms with van der Waals surface area (Å²) in [6, 6.07) is 18.4. The van der Waals surface area contributed by atoms with E-state index in [0.29, 0.717) is 35.7 Å². The second kappa shape index (κ2) is 11.0. The monoisotopic (exact) mass is 519 g/mol. The molecule has 10 heteroatoms. The van der Waals surface area contributed by atoms with Gasteiger partial charge in [0.15, 0.2) is 0 Å². The van der Waals surface area contributed by atoms with Crippen LogP contribution in [-0.4, -0.2) is 30.4 Å². The Bertz CT molecular complexity index is 1380. The smallest absolute Gasteiger partial charge is 0.343 e. The van der Waals surface area contributed by atoms with Gasteiger partial charge in [-0.05, 0) is 79.2 Å². The molecule has 0 fully saturated rings. The first-order valence-electron chi connectivity index (χ1n) is 11.3. The number of nitrogens with zero attached hydrogens (tertiary/aromatic N) is 1. The van der Waals surface area contributed by atoms with Crippen LogP contribution in [0.3, 0.4) is 0 Å². The molecule has 4 rings (SSSR count). The Morgan fingerprint density at radius 1 is 0.865 bits per heavy atom. The number of anilines is 3. The van der Waals surface area contributed by atoms with Crippen LogP contribution < -0.4 is 20.7 Å². The molecule has 3 N–H and O–H groups in total. The minimum Gasteiger partial charge on any atom is -0.462 e. The van der Waals surface area contributed by atoms with Crippen LogP contribution in [0.2, 0.25) is 0 Å². The lowest BCUT2D eigenvalue weighted by Crippen LogP contribution is -2.32. The van der Waals surface area contributed by atoms with Crippen molar-refractivity contribution in [3.05, 3.63) is 94.7 Å². The zero-order chi connectivity index (χ0) is 26.5. The van der Waals surface area contributed by atoms with Gasteiger partial charge in [0.1, 0.15) is 16.5 Å². The first-order chi connectivity index (χ1) is 17.8. The molecule has 0 aromatic heterocycles. The van der Waals surface area contributed by atoms with Gasteiger partial charge >= 0.3 is 11.9 Å². The molecule has 0 unspecified atom stereocenters. The molecule has 0 radical (unpaired) electrons. The molecule has 37 heavy (non-hydrogen) atoms. The molecule has 0 saturated heterocycles. The lowest BCUT2D eigenvalue weighted by atomic mass is 10.2. The van der Waals surface area contributed by atoms with E-state index in [1.54, 1.807) is 36.4 Å². The number of nitrogens with two attached hydrogens (primary N) is 1. The number of nitrogens with one attached hydrogen (secondary N) is 1. The molecule has 0 saturated carbocycles. The van der Waals surface area contributed by atoms with E-state index < -0.39 is 23.8 Å². The van der Waals surface area contributed by atoms with Crippen LogP contribution in [0.1, 0.15) is 34.1 Å². The maximum atomic E-state index is 13.0. The molecule has 0 aliphatic carbocycles. The number of rotatable bonds is 8. The summed E-state index contributed by atoms with van der Waals surface area (Å²) < 4.78 is 10.4. The van der Waals surface area contributed by atoms with Crippen molar-refractivity contribution < 1.29 is 28.7 Å². The third-order valence-electron chi connectivity index (χ3n) is 5.31. The highest BCUT2D eigenvalue weighted by Crippen LogP contribution is 2.30. The first-order valence-corrected chi connectivity index (χ1v) is 11.7. The quantitative estimate of drug-likeness (QED) is 0.193. The molecule has 0 bridgehead atoms. The molecular formula is C27H22ClN3O6. The Morgan fingerprint density at radius 3 is 2.08 bits per heavy atom. The van der Waals surface area contributed by atoms with Gasteiger partial charge in [-0.3, -0.25) is 9.59 Å². The lowest BCUT2D eigenvalue weighted by Gasteiger charge is -2.15. The van der Waals surface area contributed by atoms with E-state index in [-0.39, 0.29) is 22.0 Å². The van der Waals surface area contributed by atoms with E-state index in [4.69, 9.17) is 26.8 Å². The number of hydrogen-bond acceptors (Lipinski definition) is 8. The summed E-state index contributed by atoms with van der Waals surface area (Å²) in [6.07, 6.45) is 0.691. The lowest BCUT2D eigenvalue weighted by molar-refractivity contribution is -0.120. The average molecular weight is 520 g/mol. The summed E-state index contributed by atoms with van der Waals surface area (Å²) in [5, 5.41) is 2.55. The maximum Gasteiger partial charge on any atom is 0.343 e. The van der Waals surface area contributed by atoms with E-state index in [1.807, 2.05) is 6.92 Å². The van der Waals surface area contributed by atoms with Crippen LogP contribution in [0, 0.1) is 0 Å². The van der Waals surface area contributed by atoms with Gasteiger partial charge in [0.25, 0.3) is 11.8 Å². The first kappa shape index (κ1) is 25.5. The number of hydrogen-bond donors (Lipinski definition) is 2. The van der Waals surface area contributed by atoms with Crippen LogP contribution in [0.25, 0.3) is 0 Å². The van der Waals surface area contributed by atoms with Crippen LogP contribution >= 0.6 is 11.6 Å². The van der Waals surface area contributed by atoms with Gasteiger partial charge < -0.3 is 20.5 Å². The minimum absolute atomic E-state index is 0.115. The van der Waals surface area contributed by atoms with Crippen LogP contribution in [0.5, 0.6) is 5.75 Å². The maximum absolute atomic E-state index is 13.0. The Labute approximate surface area is 217 Å². The van der Waals surface area contributed by atoms with Crippen molar-refractivity contribution in [1.82, 2.24) is 0 Å². The van der Waals surface area contributed by atoms with Crippen molar-refractivity contribution in [2.24, 2.45) is 0 Å². The number of amides is 2. The fourth-order valence-electron chi connectivity index (χ4n) is 3.41. The van der Waals surface area contributed by atoms with Crippen LogP contribution in [0.4, 0.5) is 17.1 Å². The van der Waals surface area contributed by atoms with Crippen molar-refractivity contribution in [2.75, 3.05) is 22.6 Å². The number of imide groups is 1. The third-order valence-corrected chi connectivity index (χ3v) is 5.66. The number of carbonyl (C=O) groups is 4. The van der Waals surface area contributed by atoms with E-state index in [0.717, 1.165) is 4.90 Å². The van der Waals surface area contributed by atoms with Crippen molar-refractivity contribution in [2.45, 2.75) is 13.3 Å². The second-order valence-corrected chi connectivity index (χ2v) is 8.36. The van der Waals surface area contributed by atoms with Crippen molar-refractivity contribution in [3.8, 4) is 5.75 Å². The molecular weight excluding hydrogens is 498 g/mol. The number of nitrogen functional groups attached to an aromatic ring is 1. The Balaban J connectivity index is 1.43. The Hall–Kier alpha value is -4.63. The predicted octanol–water partition coefficient (Wildman–Crippen LogP) is 4.49. The molecule has 2 amide bonds. The van der Waals surface area contributed by atoms with Gasteiger partial charge in [-0.15, -0.1) is 0 Å². The fraction of sp³-hybridized carbons (Fsp3) is 0.111. The normalized spacial score (nSPS) is 13.1. The molecule has 188 valence electrons. The van der Waals surface area contributed by atoms with Gasteiger partial charge in [-0.2, -0.15) is 0 Å². The van der Waals surface area contributed by atoms with E-state index in [9.17, 15) is 19.2 Å². The SMILES string of the molecule is CCCOC(=O)c1ccc(N2C(=O)C(Cl)=C(Nc3ccc(C(=O)Oc4ccc(N)cc4)cc3)C2=O)cc1. The van der Waals surface area contributed by atoms with Crippen LogP contribution in [0.15, 0.2) is 83.5 Å². The molecule has 3 aromatic carbocycles. The molecule has 0 spiro atoms. The standard InChI is InChI=1S/C27H22ClN3O6/c1-2-15-36-26(34)16-5-11-20(12-6-16)31-24(32)22(28)23(25(31)33)30-19-9-3-17(4-10-19)27(35)37-21-13-7-18(29)8-14-21/h3-14,30H,2,15,29H2,1H3. The highest BCUT2D eigenvalue weighted by Gasteiger charge is 2.39. The minimum atomic E-state index is -0.709. The highest BCUT2D eigenvalue weighted by atomic mass is 35.5. The topological polar surface area (TPSA) is 128 Å². The summed E-state index contributed by atoms with van der Waals surface area (Å²) in [6.45, 7) is 2.18. The van der Waals surface area contributed by atoms with Gasteiger partial charge in [-0.1, -0.05) is 18.5 Å². The molecule has 3 aromatic rings. The zero-order valence-electron chi connectivity index (χ0n) is 19.7. The van der Waals surface area contributed by atoms with E-state index >= 15 is 0 Å². The number of halogens is 1. The molecule has 1 aliphatic heterocycles. The summed E-state index contributed by atoms with van der Waals surface area (Å²) in [4.78, 5) is 51.0. The summed E-state index contributed by atoms with van der Waals surface area (Å²) in [7, 11) is 0. The van der Waals surface area contributed by atoms with E-state index in [2.05, 4.69) is 5.32 Å². The Morgan fingerprint density at radius 2 is 1.46 bits per heavy atom. The Kier molecular flexibility index (Phi) is 7.55. The fourth-order valence-corrected chi connectivity index (χ4v) is 3.62. The third kappa shape index (κ3) is 5.62. The largest absolute Gasteiger partial charge is 0.462 e. The molecule has 9 nitrogen and oxygen atoms in total. The van der Waals surface area contributed by atoms with Crippen molar-refractivity contribution in [1.29, 1.82) is 0 Å². The average Bonchev–Trinajstić information content (AvgIpc) is 3.12. The predicted molar refractivity (Wildman–Crippen MR) is 138 cm³/mol. The zero-order valence-corrected chi connectivity index (χ0v) is 20.5. The summed E-state index contributed by atoms with van der Waals surface area (Å²) >= 11 is 6.19. The van der Waals surface area contributed by atoms with Crippen LogP contribution in [-0.2, 0) is 14.3 Å². The van der Waals surface area contributed by atoms with Crippen molar-refractivity contribution >= 4 is 52.4 Å². The van der Waals surface area contributed by atoms with Gasteiger partial charge in [0.2, 0.25) is 0 Å². The summed E-state index contributed by atoms with van der Waals surface area (Å²) in [5.41, 5.74) is 7.30. The van der Waals surface area contributed by atoms with Gasteiger partial charge in [-0.25, -0.2) is 14.5 Å². The van der Waals surface area contributed by atoms with Gasteiger partial charge in [0, 0.05) is 11.4 Å². The van der Waals surface area contributed by atoms with Crippen molar-refractivity contribution in [3.63, 3.8) is 0 Å². The number of ether oxygens (including phenoxy) is 2.